The first-order valence-corrected chi connectivity index (χ1v) is 10.4. The maximum absolute atomic E-state index is 14.5. The van der Waals surface area contributed by atoms with Crippen LogP contribution in [0.5, 0.6) is 0 Å². The van der Waals surface area contributed by atoms with E-state index in [4.69, 9.17) is 5.26 Å². The molecule has 3 nitrogen and oxygen atoms in total. The first-order valence-electron chi connectivity index (χ1n) is 10.4. The van der Waals surface area contributed by atoms with Crippen molar-refractivity contribution in [2.45, 2.75) is 70.9 Å². The molecule has 1 atom stereocenters. The molecular weight excluding hydrogens is 337 g/mol. The molecule has 1 unspecified atom stereocenters. The summed E-state index contributed by atoms with van der Waals surface area (Å²) in [5.41, 5.74) is 2.30. The molecule has 1 heterocycles. The third-order valence-electron chi connectivity index (χ3n) is 6.02. The number of rotatable bonds is 7. The van der Waals surface area contributed by atoms with E-state index in [2.05, 4.69) is 18.0 Å². The van der Waals surface area contributed by atoms with Gasteiger partial charge in [0.2, 0.25) is 0 Å². The Morgan fingerprint density at radius 2 is 1.78 bits per heavy atom. The van der Waals surface area contributed by atoms with Gasteiger partial charge in [0.25, 0.3) is 0 Å². The Morgan fingerprint density at radius 1 is 1.11 bits per heavy atom. The molecule has 0 N–H and O–H groups in total. The molecule has 0 amide bonds. The minimum atomic E-state index is -0.643. The molecule has 1 aromatic rings. The number of hydrogen-bond donors (Lipinski definition) is 0. The van der Waals surface area contributed by atoms with E-state index in [1.165, 1.54) is 44.9 Å². The van der Waals surface area contributed by atoms with Crippen molar-refractivity contribution >= 4 is 6.21 Å². The highest BCUT2D eigenvalue weighted by molar-refractivity contribution is 5.79. The fourth-order valence-electron chi connectivity index (χ4n) is 4.25. The van der Waals surface area contributed by atoms with Gasteiger partial charge in [-0.3, -0.25) is 4.99 Å². The smallest absolute Gasteiger partial charge is 0.175 e. The molecule has 1 aliphatic carbocycles. The van der Waals surface area contributed by atoms with Crippen molar-refractivity contribution in [2.75, 3.05) is 0 Å². The van der Waals surface area contributed by atoms with Crippen LogP contribution in [0.15, 0.2) is 41.0 Å². The minimum Gasteiger partial charge on any atom is -0.261 e. The summed E-state index contributed by atoms with van der Waals surface area (Å²) < 4.78 is 14.5. The Kier molecular flexibility index (Phi) is 7.04. The third-order valence-corrected chi connectivity index (χ3v) is 6.02. The van der Waals surface area contributed by atoms with E-state index in [-0.39, 0.29) is 0 Å². The number of allylic oxidation sites excluding steroid dienone is 1. The van der Waals surface area contributed by atoms with E-state index in [1.807, 2.05) is 6.21 Å². The van der Waals surface area contributed by atoms with Gasteiger partial charge in [0.1, 0.15) is 0 Å². The Morgan fingerprint density at radius 3 is 2.37 bits per heavy atom. The molecule has 3 rings (SSSR count). The largest absolute Gasteiger partial charge is 0.261 e. The lowest BCUT2D eigenvalue weighted by molar-refractivity contribution is 0.0364. The molecule has 4 heteroatoms. The van der Waals surface area contributed by atoms with Crippen LogP contribution in [0.4, 0.5) is 4.48 Å². The number of benzene rings is 1. The summed E-state index contributed by atoms with van der Waals surface area (Å²) in [6, 6.07) is 9.02. The van der Waals surface area contributed by atoms with Crippen LogP contribution in [0, 0.1) is 23.2 Å². The molecule has 0 spiro atoms. The second-order valence-corrected chi connectivity index (χ2v) is 8.00. The third kappa shape index (κ3) is 5.42. The molecule has 0 radical (unpaired) electrons. The van der Waals surface area contributed by atoms with E-state index in [0.29, 0.717) is 10.7 Å². The summed E-state index contributed by atoms with van der Waals surface area (Å²) in [6.45, 7) is 2.27. The van der Waals surface area contributed by atoms with Crippen LogP contribution in [0.1, 0.15) is 82.0 Å². The lowest BCUT2D eigenvalue weighted by Gasteiger charge is -2.29. The molecule has 0 bridgehead atoms. The van der Waals surface area contributed by atoms with Gasteiger partial charge >= 0.3 is 0 Å². The molecule has 2 aliphatic rings. The van der Waals surface area contributed by atoms with Crippen LogP contribution in [-0.2, 0) is 0 Å². The zero-order valence-corrected chi connectivity index (χ0v) is 16.3. The molecular formula is C23H30FN3. The van der Waals surface area contributed by atoms with Gasteiger partial charge in [-0.2, -0.15) is 10.4 Å². The molecule has 0 aromatic heterocycles. The minimum absolute atomic E-state index is 0.574. The first kappa shape index (κ1) is 19.6. The summed E-state index contributed by atoms with van der Waals surface area (Å²) >= 11 is 0. The second kappa shape index (κ2) is 9.69. The summed E-state index contributed by atoms with van der Waals surface area (Å²) in [5.74, 6) is 1.72. The highest BCUT2D eigenvalue weighted by Gasteiger charge is 2.23. The molecule has 1 fully saturated rings. The zero-order chi connectivity index (χ0) is 19.1. The van der Waals surface area contributed by atoms with Crippen LogP contribution < -0.4 is 0 Å². The SMILES string of the molecule is CCCC[C@H]1CC[C@H](CCC2=CN(F)C(c3ccc(C#N)cc3)N=C2)CC1. The van der Waals surface area contributed by atoms with Crippen molar-refractivity contribution in [1.29, 1.82) is 5.26 Å². The number of halogens is 1. The molecule has 1 saturated carbocycles. The normalized spacial score (nSPS) is 25.1. The van der Waals surface area contributed by atoms with E-state index >= 15 is 0 Å². The van der Waals surface area contributed by atoms with Gasteiger partial charge in [0.15, 0.2) is 6.17 Å². The molecule has 144 valence electrons. The van der Waals surface area contributed by atoms with Gasteiger partial charge < -0.3 is 0 Å². The number of nitriles is 1. The predicted molar refractivity (Wildman–Crippen MR) is 108 cm³/mol. The fourth-order valence-corrected chi connectivity index (χ4v) is 4.25. The average molecular weight is 368 g/mol. The Balaban J connectivity index is 1.46. The summed E-state index contributed by atoms with van der Waals surface area (Å²) in [7, 11) is 0. The van der Waals surface area contributed by atoms with E-state index in [1.54, 1.807) is 30.5 Å². The van der Waals surface area contributed by atoms with E-state index in [0.717, 1.165) is 35.8 Å². The highest BCUT2D eigenvalue weighted by atomic mass is 19.2. The molecule has 1 aromatic carbocycles. The fraction of sp³-hybridized carbons (Fsp3) is 0.565. The number of unbranched alkanes of at least 4 members (excludes halogenated alkanes) is 1. The summed E-state index contributed by atoms with van der Waals surface area (Å²) in [5, 5.41) is 9.56. The number of aliphatic imine (C=N–C) groups is 1. The van der Waals surface area contributed by atoms with E-state index in [9.17, 15) is 4.48 Å². The maximum Gasteiger partial charge on any atom is 0.175 e. The van der Waals surface area contributed by atoms with Gasteiger partial charge in [-0.25, -0.2) is 0 Å². The average Bonchev–Trinajstić information content (AvgIpc) is 2.72. The Labute approximate surface area is 162 Å². The summed E-state index contributed by atoms with van der Waals surface area (Å²) in [6.07, 6.45) is 14.3. The van der Waals surface area contributed by atoms with Gasteiger partial charge in [0.05, 0.1) is 11.6 Å². The van der Waals surface area contributed by atoms with Crippen molar-refractivity contribution in [3.05, 3.63) is 47.2 Å². The monoisotopic (exact) mass is 367 g/mol. The maximum atomic E-state index is 14.5. The lowest BCUT2D eigenvalue weighted by atomic mass is 9.78. The van der Waals surface area contributed by atoms with Gasteiger partial charge in [-0.05, 0) is 47.9 Å². The zero-order valence-electron chi connectivity index (χ0n) is 16.3. The number of nitrogens with zero attached hydrogens (tertiary/aromatic N) is 3. The second-order valence-electron chi connectivity index (χ2n) is 8.00. The van der Waals surface area contributed by atoms with Gasteiger partial charge in [0, 0.05) is 12.4 Å². The molecule has 0 saturated heterocycles. The van der Waals surface area contributed by atoms with Gasteiger partial charge in [-0.1, -0.05) is 68.5 Å². The van der Waals surface area contributed by atoms with Crippen LogP contribution in [0.3, 0.4) is 0 Å². The predicted octanol–water partition coefficient (Wildman–Crippen LogP) is 6.49. The van der Waals surface area contributed by atoms with E-state index < -0.39 is 6.17 Å². The van der Waals surface area contributed by atoms with Crippen LogP contribution >= 0.6 is 0 Å². The van der Waals surface area contributed by atoms with Crippen LogP contribution in [-0.4, -0.2) is 11.3 Å². The van der Waals surface area contributed by atoms with Crippen LogP contribution in [0.2, 0.25) is 0 Å². The number of hydrogen-bond acceptors (Lipinski definition) is 3. The quantitative estimate of drug-likeness (QED) is 0.517. The Hall–Kier alpha value is -2.15. The summed E-state index contributed by atoms with van der Waals surface area (Å²) in [4.78, 5) is 4.40. The van der Waals surface area contributed by atoms with Crippen LogP contribution in [0.25, 0.3) is 0 Å². The van der Waals surface area contributed by atoms with Crippen molar-refractivity contribution in [3.63, 3.8) is 0 Å². The standard InChI is InChI=1S/C23H30FN3/c1-2-3-4-18-5-7-19(8-6-18)9-10-21-16-26-23(27(24)17-21)22-13-11-20(15-25)12-14-22/h11-14,16-19,23H,2-10H2,1H3/t18-,19-,23?. The van der Waals surface area contributed by atoms with Crippen molar-refractivity contribution in [2.24, 2.45) is 16.8 Å². The van der Waals surface area contributed by atoms with Gasteiger partial charge in [-0.15, -0.1) is 0 Å². The first-order chi connectivity index (χ1) is 13.2. The van der Waals surface area contributed by atoms with Crippen molar-refractivity contribution in [3.8, 4) is 6.07 Å². The topological polar surface area (TPSA) is 39.4 Å². The van der Waals surface area contributed by atoms with Crippen molar-refractivity contribution < 1.29 is 4.48 Å². The molecule has 1 aliphatic heterocycles. The Bertz CT molecular complexity index is 693. The highest BCUT2D eigenvalue weighted by Crippen LogP contribution is 2.35. The molecule has 27 heavy (non-hydrogen) atoms. The lowest BCUT2D eigenvalue weighted by Crippen LogP contribution is -2.19. The van der Waals surface area contributed by atoms with Crippen molar-refractivity contribution in [1.82, 2.24) is 5.12 Å².